The standard InChI is InChI=1S/C12H11BrClNO4/c1-15-9(16)5-19-11(12(17)18)10(15)7-4-6(13)2-3-8(7)14/h2-4,10-11H,5H2,1H3,(H,17,18). The summed E-state index contributed by atoms with van der Waals surface area (Å²) in [6.45, 7) is -0.240. The van der Waals surface area contributed by atoms with Gasteiger partial charge < -0.3 is 14.7 Å². The van der Waals surface area contributed by atoms with Gasteiger partial charge in [-0.25, -0.2) is 4.79 Å². The van der Waals surface area contributed by atoms with Crippen LogP contribution in [-0.4, -0.2) is 41.6 Å². The Balaban J connectivity index is 2.49. The Morgan fingerprint density at radius 2 is 2.26 bits per heavy atom. The number of carboxylic acids is 1. The largest absolute Gasteiger partial charge is 0.479 e. The lowest BCUT2D eigenvalue weighted by Crippen LogP contribution is -2.50. The minimum absolute atomic E-state index is 0.240. The topological polar surface area (TPSA) is 66.8 Å². The maximum Gasteiger partial charge on any atom is 0.335 e. The molecule has 1 heterocycles. The summed E-state index contributed by atoms with van der Waals surface area (Å²) in [6.07, 6.45) is -1.13. The molecule has 0 aromatic heterocycles. The summed E-state index contributed by atoms with van der Waals surface area (Å²) >= 11 is 9.41. The van der Waals surface area contributed by atoms with Gasteiger partial charge in [-0.2, -0.15) is 0 Å². The Hall–Kier alpha value is -1.11. The molecule has 1 aliphatic rings. The molecule has 1 aliphatic heterocycles. The third-order valence-electron chi connectivity index (χ3n) is 3.00. The van der Waals surface area contributed by atoms with E-state index < -0.39 is 18.1 Å². The van der Waals surface area contributed by atoms with Gasteiger partial charge in [-0.3, -0.25) is 4.79 Å². The van der Waals surface area contributed by atoms with Crippen LogP contribution in [0.3, 0.4) is 0 Å². The SMILES string of the molecule is CN1C(=O)COC(C(=O)O)C1c1cc(Br)ccc1Cl. The number of aliphatic carboxylic acids is 1. The molecule has 19 heavy (non-hydrogen) atoms. The first kappa shape index (κ1) is 14.3. The van der Waals surface area contributed by atoms with E-state index in [4.69, 9.17) is 16.3 Å². The second-order valence-electron chi connectivity index (χ2n) is 4.19. The number of hydrogen-bond acceptors (Lipinski definition) is 3. The summed E-state index contributed by atoms with van der Waals surface area (Å²) in [5.41, 5.74) is 0.541. The van der Waals surface area contributed by atoms with E-state index in [1.165, 1.54) is 4.90 Å². The molecule has 1 fully saturated rings. The van der Waals surface area contributed by atoms with E-state index in [2.05, 4.69) is 15.9 Å². The first-order valence-corrected chi connectivity index (χ1v) is 6.64. The van der Waals surface area contributed by atoms with Crippen LogP contribution < -0.4 is 0 Å². The molecule has 0 spiro atoms. The zero-order chi connectivity index (χ0) is 14.2. The highest BCUT2D eigenvalue weighted by Crippen LogP contribution is 2.35. The Morgan fingerprint density at radius 3 is 2.89 bits per heavy atom. The fourth-order valence-electron chi connectivity index (χ4n) is 2.03. The van der Waals surface area contributed by atoms with Crippen LogP contribution in [-0.2, 0) is 14.3 Å². The first-order chi connectivity index (χ1) is 8.91. The summed E-state index contributed by atoms with van der Waals surface area (Å²) in [5.74, 6) is -1.40. The lowest BCUT2D eigenvalue weighted by molar-refractivity contribution is -0.171. The average Bonchev–Trinajstić information content (AvgIpc) is 2.35. The van der Waals surface area contributed by atoms with Crippen molar-refractivity contribution in [3.63, 3.8) is 0 Å². The van der Waals surface area contributed by atoms with Crippen molar-refractivity contribution in [2.45, 2.75) is 12.1 Å². The van der Waals surface area contributed by atoms with Crippen molar-refractivity contribution in [1.82, 2.24) is 4.90 Å². The van der Waals surface area contributed by atoms with Gasteiger partial charge in [-0.05, 0) is 23.8 Å². The lowest BCUT2D eigenvalue weighted by Gasteiger charge is -2.37. The number of carbonyl (C=O) groups excluding carboxylic acids is 1. The molecule has 2 atom stereocenters. The van der Waals surface area contributed by atoms with Crippen LogP contribution in [0.25, 0.3) is 0 Å². The molecule has 5 nitrogen and oxygen atoms in total. The zero-order valence-electron chi connectivity index (χ0n) is 9.97. The van der Waals surface area contributed by atoms with Gasteiger partial charge in [-0.15, -0.1) is 0 Å². The molecule has 102 valence electrons. The van der Waals surface area contributed by atoms with Crippen molar-refractivity contribution in [3.8, 4) is 0 Å². The highest BCUT2D eigenvalue weighted by atomic mass is 79.9. The number of rotatable bonds is 2. The predicted molar refractivity (Wildman–Crippen MR) is 72.0 cm³/mol. The summed E-state index contributed by atoms with van der Waals surface area (Å²) in [6, 6.07) is 4.34. The second-order valence-corrected chi connectivity index (χ2v) is 5.51. The van der Waals surface area contributed by atoms with E-state index in [0.29, 0.717) is 10.6 Å². The number of carbonyl (C=O) groups is 2. The smallest absolute Gasteiger partial charge is 0.335 e. The highest BCUT2D eigenvalue weighted by molar-refractivity contribution is 9.10. The summed E-state index contributed by atoms with van der Waals surface area (Å²) < 4.78 is 5.87. The van der Waals surface area contributed by atoms with E-state index in [1.54, 1.807) is 25.2 Å². The molecule has 7 heteroatoms. The van der Waals surface area contributed by atoms with Crippen LogP contribution in [0.2, 0.25) is 5.02 Å². The van der Waals surface area contributed by atoms with Gasteiger partial charge in [0.1, 0.15) is 6.61 Å². The van der Waals surface area contributed by atoms with Crippen LogP contribution in [0.5, 0.6) is 0 Å². The third kappa shape index (κ3) is 2.75. The number of nitrogens with zero attached hydrogens (tertiary/aromatic N) is 1. The van der Waals surface area contributed by atoms with E-state index >= 15 is 0 Å². The van der Waals surface area contributed by atoms with Gasteiger partial charge in [0, 0.05) is 16.5 Å². The molecule has 1 aromatic rings. The van der Waals surface area contributed by atoms with Crippen LogP contribution >= 0.6 is 27.5 Å². The summed E-state index contributed by atoms with van der Waals surface area (Å²) in [7, 11) is 1.54. The van der Waals surface area contributed by atoms with Crippen LogP contribution in [0, 0.1) is 0 Å². The van der Waals surface area contributed by atoms with Crippen LogP contribution in [0.4, 0.5) is 0 Å². The number of ether oxygens (including phenoxy) is 1. The van der Waals surface area contributed by atoms with Crippen molar-refractivity contribution in [2.24, 2.45) is 0 Å². The number of halogens is 2. The quantitative estimate of drug-likeness (QED) is 0.889. The monoisotopic (exact) mass is 347 g/mol. The van der Waals surface area contributed by atoms with Crippen LogP contribution in [0.1, 0.15) is 11.6 Å². The minimum Gasteiger partial charge on any atom is -0.479 e. The van der Waals surface area contributed by atoms with Crippen molar-refractivity contribution in [2.75, 3.05) is 13.7 Å². The Labute approximate surface area is 123 Å². The van der Waals surface area contributed by atoms with E-state index in [9.17, 15) is 14.7 Å². The number of amides is 1. The Kier molecular flexibility index (Phi) is 4.13. The van der Waals surface area contributed by atoms with Crippen molar-refractivity contribution in [3.05, 3.63) is 33.3 Å². The minimum atomic E-state index is -1.13. The maximum atomic E-state index is 11.7. The van der Waals surface area contributed by atoms with Gasteiger partial charge in [0.25, 0.3) is 0 Å². The fraction of sp³-hybridized carbons (Fsp3) is 0.333. The molecule has 0 aliphatic carbocycles. The number of hydrogen-bond donors (Lipinski definition) is 1. The van der Waals surface area contributed by atoms with Crippen LogP contribution in [0.15, 0.2) is 22.7 Å². The summed E-state index contributed by atoms with van der Waals surface area (Å²) in [4.78, 5) is 24.3. The maximum absolute atomic E-state index is 11.7. The predicted octanol–water partition coefficient (Wildman–Crippen LogP) is 2.09. The normalized spacial score (nSPS) is 23.5. The molecule has 2 unspecified atom stereocenters. The average molecular weight is 349 g/mol. The van der Waals surface area contributed by atoms with E-state index in [1.807, 2.05) is 0 Å². The van der Waals surface area contributed by atoms with Gasteiger partial charge in [0.15, 0.2) is 6.10 Å². The second kappa shape index (κ2) is 5.48. The number of benzene rings is 1. The molecular formula is C12H11BrClNO4. The molecule has 0 bridgehead atoms. The molecule has 2 rings (SSSR count). The lowest BCUT2D eigenvalue weighted by atomic mass is 9.98. The van der Waals surface area contributed by atoms with Crippen molar-refractivity contribution in [1.29, 1.82) is 0 Å². The number of likely N-dealkylation sites (N-methyl/N-ethyl adjacent to an activating group) is 1. The van der Waals surface area contributed by atoms with Gasteiger partial charge in [-0.1, -0.05) is 27.5 Å². The molecule has 1 N–H and O–H groups in total. The molecule has 0 saturated carbocycles. The molecule has 1 amide bonds. The highest BCUT2D eigenvalue weighted by Gasteiger charge is 2.41. The number of morpholine rings is 1. The van der Waals surface area contributed by atoms with Crippen molar-refractivity contribution >= 4 is 39.4 Å². The van der Waals surface area contributed by atoms with E-state index in [-0.39, 0.29) is 12.5 Å². The Bertz CT molecular complexity index is 536. The number of carboxylic acid groups (broad SMARTS) is 1. The van der Waals surface area contributed by atoms with Gasteiger partial charge in [0.05, 0.1) is 6.04 Å². The van der Waals surface area contributed by atoms with Gasteiger partial charge in [0.2, 0.25) is 5.91 Å². The Morgan fingerprint density at radius 1 is 1.58 bits per heavy atom. The molecular weight excluding hydrogens is 337 g/mol. The van der Waals surface area contributed by atoms with Crippen molar-refractivity contribution < 1.29 is 19.4 Å². The molecule has 1 saturated heterocycles. The first-order valence-electron chi connectivity index (χ1n) is 5.47. The zero-order valence-corrected chi connectivity index (χ0v) is 12.3. The third-order valence-corrected chi connectivity index (χ3v) is 3.84. The molecule has 0 radical (unpaired) electrons. The van der Waals surface area contributed by atoms with Gasteiger partial charge >= 0.3 is 5.97 Å². The molecule has 1 aromatic carbocycles. The fourth-order valence-corrected chi connectivity index (χ4v) is 2.64. The summed E-state index contributed by atoms with van der Waals surface area (Å²) in [5, 5.41) is 9.61. The van der Waals surface area contributed by atoms with E-state index in [0.717, 1.165) is 4.47 Å².